The minimum atomic E-state index is -3.52. The Morgan fingerprint density at radius 2 is 1.80 bits per heavy atom. The molecular weight excluding hydrogens is 216 g/mol. The first kappa shape index (κ1) is 14.8. The Morgan fingerprint density at radius 1 is 1.33 bits per heavy atom. The summed E-state index contributed by atoms with van der Waals surface area (Å²) in [6, 6.07) is -0.169. The second-order valence-electron chi connectivity index (χ2n) is 4.79. The average molecular weight is 238 g/mol. The Hall–Kier alpha value is -0.170. The zero-order valence-corrected chi connectivity index (χ0v) is 10.9. The van der Waals surface area contributed by atoms with Gasteiger partial charge in [0, 0.05) is 18.1 Å². The number of nitrogens with zero attached hydrogens (tertiary/aromatic N) is 1. The molecule has 0 aliphatic heterocycles. The molecule has 0 saturated carbocycles. The Labute approximate surface area is 92.7 Å². The monoisotopic (exact) mass is 238 g/mol. The second kappa shape index (κ2) is 5.25. The predicted molar refractivity (Wildman–Crippen MR) is 60.7 cm³/mol. The average Bonchev–Trinajstić information content (AvgIpc) is 1.93. The van der Waals surface area contributed by atoms with Gasteiger partial charge in [-0.3, -0.25) is 0 Å². The molecule has 0 amide bonds. The van der Waals surface area contributed by atoms with Crippen LogP contribution in [0.1, 0.15) is 34.6 Å². The van der Waals surface area contributed by atoms with Gasteiger partial charge in [0.2, 0.25) is 0 Å². The fourth-order valence-electron chi connectivity index (χ4n) is 1.20. The van der Waals surface area contributed by atoms with E-state index in [1.807, 2.05) is 0 Å². The first-order valence-electron chi connectivity index (χ1n) is 5.02. The van der Waals surface area contributed by atoms with Gasteiger partial charge in [0.05, 0.1) is 6.61 Å². The number of hydrogen-bond acceptors (Lipinski definition) is 3. The molecule has 0 aromatic carbocycles. The third-order valence-electron chi connectivity index (χ3n) is 1.64. The molecule has 0 aliphatic carbocycles. The summed E-state index contributed by atoms with van der Waals surface area (Å²) in [6.45, 7) is 8.83. The van der Waals surface area contributed by atoms with E-state index in [0.717, 1.165) is 0 Å². The minimum Gasteiger partial charge on any atom is -0.395 e. The zero-order valence-electron chi connectivity index (χ0n) is 10.1. The summed E-state index contributed by atoms with van der Waals surface area (Å²) in [5.41, 5.74) is -0.512. The summed E-state index contributed by atoms with van der Waals surface area (Å²) in [7, 11) is -3.52. The fourth-order valence-corrected chi connectivity index (χ4v) is 2.97. The van der Waals surface area contributed by atoms with Gasteiger partial charge in [0.1, 0.15) is 0 Å². The van der Waals surface area contributed by atoms with Gasteiger partial charge in [-0.15, -0.1) is 0 Å². The van der Waals surface area contributed by atoms with Crippen LogP contribution >= 0.6 is 0 Å². The van der Waals surface area contributed by atoms with Crippen molar-refractivity contribution in [3.63, 3.8) is 0 Å². The summed E-state index contributed by atoms with van der Waals surface area (Å²) in [5.74, 6) is 0. The van der Waals surface area contributed by atoms with Gasteiger partial charge in [-0.2, -0.15) is 17.4 Å². The molecule has 0 rings (SSSR count). The van der Waals surface area contributed by atoms with Crippen LogP contribution in [0.2, 0.25) is 0 Å². The Bertz CT molecular complexity index is 280. The number of rotatable bonds is 5. The van der Waals surface area contributed by atoms with E-state index in [0.29, 0.717) is 0 Å². The molecule has 0 aromatic heterocycles. The molecular formula is C9H22N2O3S. The zero-order chi connectivity index (χ0) is 12.3. The van der Waals surface area contributed by atoms with Crippen LogP contribution in [0.25, 0.3) is 0 Å². The maximum atomic E-state index is 11.9. The highest BCUT2D eigenvalue weighted by atomic mass is 32.2. The smallest absolute Gasteiger partial charge is 0.280 e. The Morgan fingerprint density at radius 3 is 2.07 bits per heavy atom. The molecule has 0 heterocycles. The number of hydrogen-bond donors (Lipinski definition) is 2. The lowest BCUT2D eigenvalue weighted by molar-refractivity contribution is 0.233. The van der Waals surface area contributed by atoms with Crippen LogP contribution in [0.4, 0.5) is 0 Å². The van der Waals surface area contributed by atoms with Crippen molar-refractivity contribution in [3.05, 3.63) is 0 Å². The van der Waals surface area contributed by atoms with Gasteiger partial charge in [-0.05, 0) is 34.6 Å². The van der Waals surface area contributed by atoms with Gasteiger partial charge >= 0.3 is 0 Å². The molecule has 92 valence electrons. The molecule has 0 radical (unpaired) electrons. The van der Waals surface area contributed by atoms with Crippen LogP contribution in [0.5, 0.6) is 0 Å². The van der Waals surface area contributed by atoms with Gasteiger partial charge in [-0.1, -0.05) is 0 Å². The SMILES string of the molecule is CC(C)N(CCO)S(=O)(=O)NC(C)(C)C. The van der Waals surface area contributed by atoms with Crippen molar-refractivity contribution >= 4 is 10.2 Å². The number of nitrogens with one attached hydrogen (secondary N) is 1. The van der Waals surface area contributed by atoms with Crippen molar-refractivity contribution in [2.45, 2.75) is 46.2 Å². The Balaban J connectivity index is 4.81. The summed E-state index contributed by atoms with van der Waals surface area (Å²) in [6.07, 6.45) is 0. The van der Waals surface area contributed by atoms with Crippen LogP contribution in [-0.4, -0.2) is 42.6 Å². The molecule has 0 atom stereocenters. The number of aliphatic hydroxyl groups is 1. The molecule has 5 nitrogen and oxygen atoms in total. The van der Waals surface area contributed by atoms with Crippen molar-refractivity contribution in [1.29, 1.82) is 0 Å². The number of aliphatic hydroxyl groups excluding tert-OH is 1. The second-order valence-corrected chi connectivity index (χ2v) is 6.41. The van der Waals surface area contributed by atoms with E-state index in [-0.39, 0.29) is 19.2 Å². The molecule has 2 N–H and O–H groups in total. The van der Waals surface area contributed by atoms with E-state index in [2.05, 4.69) is 4.72 Å². The maximum Gasteiger partial charge on any atom is 0.280 e. The molecule has 0 fully saturated rings. The van der Waals surface area contributed by atoms with Crippen molar-refractivity contribution in [3.8, 4) is 0 Å². The molecule has 0 spiro atoms. The highest BCUT2D eigenvalue weighted by Crippen LogP contribution is 2.09. The third kappa shape index (κ3) is 5.46. The Kier molecular flexibility index (Phi) is 5.19. The van der Waals surface area contributed by atoms with Crippen LogP contribution in [0.15, 0.2) is 0 Å². The van der Waals surface area contributed by atoms with Gasteiger partial charge in [-0.25, -0.2) is 0 Å². The van der Waals surface area contributed by atoms with Crippen molar-refractivity contribution < 1.29 is 13.5 Å². The summed E-state index contributed by atoms with van der Waals surface area (Å²) < 4.78 is 27.6. The lowest BCUT2D eigenvalue weighted by atomic mass is 10.1. The normalized spacial score (nSPS) is 13.9. The molecule has 15 heavy (non-hydrogen) atoms. The fraction of sp³-hybridized carbons (Fsp3) is 1.00. The van der Waals surface area contributed by atoms with Crippen molar-refractivity contribution in [2.75, 3.05) is 13.2 Å². The van der Waals surface area contributed by atoms with E-state index < -0.39 is 15.7 Å². The van der Waals surface area contributed by atoms with Crippen LogP contribution < -0.4 is 4.72 Å². The largest absolute Gasteiger partial charge is 0.395 e. The lowest BCUT2D eigenvalue weighted by Gasteiger charge is -2.29. The quantitative estimate of drug-likeness (QED) is 0.725. The first-order chi connectivity index (χ1) is 6.60. The molecule has 6 heteroatoms. The first-order valence-corrected chi connectivity index (χ1v) is 6.46. The molecule has 0 unspecified atom stereocenters. The molecule has 0 bridgehead atoms. The van der Waals surface area contributed by atoms with Gasteiger partial charge < -0.3 is 5.11 Å². The van der Waals surface area contributed by atoms with E-state index in [1.165, 1.54) is 4.31 Å². The lowest BCUT2D eigenvalue weighted by Crippen LogP contribution is -2.51. The topological polar surface area (TPSA) is 69.6 Å². The maximum absolute atomic E-state index is 11.9. The van der Waals surface area contributed by atoms with E-state index in [1.54, 1.807) is 34.6 Å². The molecule has 0 saturated heterocycles. The van der Waals surface area contributed by atoms with Gasteiger partial charge in [0.25, 0.3) is 10.2 Å². The van der Waals surface area contributed by atoms with Gasteiger partial charge in [0.15, 0.2) is 0 Å². The highest BCUT2D eigenvalue weighted by Gasteiger charge is 2.28. The third-order valence-corrected chi connectivity index (χ3v) is 3.73. The predicted octanol–water partition coefficient (Wildman–Crippen LogP) is 0.322. The van der Waals surface area contributed by atoms with E-state index >= 15 is 0 Å². The standard InChI is InChI=1S/C9H22N2O3S/c1-8(2)11(6-7-12)15(13,14)10-9(3,4)5/h8,10,12H,6-7H2,1-5H3. The van der Waals surface area contributed by atoms with Crippen LogP contribution in [-0.2, 0) is 10.2 Å². The minimum absolute atomic E-state index is 0.114. The van der Waals surface area contributed by atoms with Crippen molar-refractivity contribution in [1.82, 2.24) is 9.03 Å². The van der Waals surface area contributed by atoms with E-state index in [9.17, 15) is 8.42 Å². The van der Waals surface area contributed by atoms with Crippen LogP contribution in [0, 0.1) is 0 Å². The summed E-state index contributed by atoms with van der Waals surface area (Å²) in [5, 5.41) is 8.81. The molecule has 0 aromatic rings. The summed E-state index contributed by atoms with van der Waals surface area (Å²) >= 11 is 0. The highest BCUT2D eigenvalue weighted by molar-refractivity contribution is 7.87. The molecule has 0 aliphatic rings. The van der Waals surface area contributed by atoms with E-state index in [4.69, 9.17) is 5.11 Å². The van der Waals surface area contributed by atoms with Crippen LogP contribution in [0.3, 0.4) is 0 Å². The van der Waals surface area contributed by atoms with Crippen molar-refractivity contribution in [2.24, 2.45) is 0 Å². The summed E-state index contributed by atoms with van der Waals surface area (Å²) in [4.78, 5) is 0.